The van der Waals surface area contributed by atoms with E-state index in [4.69, 9.17) is 167 Å². The predicted molar refractivity (Wildman–Crippen MR) is 558 cm³/mol. The molecule has 9 N–H and O–H groups in total. The Balaban J connectivity index is 0.000000291. The summed E-state index contributed by atoms with van der Waals surface area (Å²) in [6.07, 6.45) is -5.53. The van der Waals surface area contributed by atoms with Crippen LogP contribution >= 0.6 is 99.5 Å². The van der Waals surface area contributed by atoms with Crippen molar-refractivity contribution in [1.82, 2.24) is 5.32 Å². The lowest BCUT2D eigenvalue weighted by Gasteiger charge is -2.47. The molecule has 0 spiro atoms. The van der Waals surface area contributed by atoms with Crippen LogP contribution in [0, 0.1) is 65.1 Å². The topological polar surface area (TPSA) is 582 Å². The second-order valence-corrected chi connectivity index (χ2v) is 40.8. The van der Waals surface area contributed by atoms with Crippen molar-refractivity contribution in [2.45, 2.75) is 344 Å². The largest absolute Gasteiger partial charge is 0.445 e. The second kappa shape index (κ2) is 68.4. The van der Waals surface area contributed by atoms with Crippen molar-refractivity contribution in [2.24, 2.45) is 91.3 Å². The van der Waals surface area contributed by atoms with Crippen molar-refractivity contribution in [1.29, 1.82) is 0 Å². The maximum Gasteiger partial charge on any atom is 0.407 e. The van der Waals surface area contributed by atoms with Gasteiger partial charge in [-0.05, 0) is 107 Å². The number of ether oxygens (including phenoxy) is 21. The van der Waals surface area contributed by atoms with Crippen molar-refractivity contribution < 1.29 is 140 Å². The number of nitrogens with zero attached hydrogens (tertiary/aromatic N) is 12. The van der Waals surface area contributed by atoms with Gasteiger partial charge in [0.25, 0.3) is 0 Å². The van der Waals surface area contributed by atoms with Gasteiger partial charge in [-0.25, -0.2) is 4.79 Å². The van der Waals surface area contributed by atoms with Crippen molar-refractivity contribution in [2.75, 3.05) is 70.9 Å². The third-order valence-corrected chi connectivity index (χ3v) is 29.0. The number of halogens is 3. The van der Waals surface area contributed by atoms with E-state index in [0.717, 1.165) is 36.8 Å². The van der Waals surface area contributed by atoms with Crippen LogP contribution in [0.2, 0.25) is 0 Å². The Bertz CT molecular complexity index is 3860. The first-order valence-electron chi connectivity index (χ1n) is 48.4. The van der Waals surface area contributed by atoms with Gasteiger partial charge in [-0.1, -0.05) is 227 Å². The fourth-order valence-corrected chi connectivity index (χ4v) is 19.4. The molecule has 10 heterocycles. The molecule has 12 rings (SSSR count). The fraction of sp³-hybridized carbons (Fsp3) is 0.844. The zero-order chi connectivity index (χ0) is 107. The van der Waals surface area contributed by atoms with Crippen LogP contribution in [-0.4, -0.2) is 295 Å². The van der Waals surface area contributed by atoms with Crippen molar-refractivity contribution in [3.05, 3.63) is 114 Å². The predicted octanol–water partition coefficient (Wildman–Crippen LogP) is 14.8. The molecule has 10 aliphatic heterocycles. The van der Waals surface area contributed by atoms with Crippen LogP contribution in [0.4, 0.5) is 4.79 Å². The third kappa shape index (κ3) is 39.3. The summed E-state index contributed by atoms with van der Waals surface area (Å²) in [7, 11) is 17.2. The number of amides is 1. The lowest BCUT2D eigenvalue weighted by Crippen LogP contribution is -2.61. The van der Waals surface area contributed by atoms with E-state index in [-0.39, 0.29) is 116 Å². The van der Waals surface area contributed by atoms with E-state index < -0.39 is 146 Å². The van der Waals surface area contributed by atoms with Crippen LogP contribution in [0.1, 0.15) is 174 Å². The van der Waals surface area contributed by atoms with E-state index in [1.165, 1.54) is 6.92 Å². The average molecular weight is 2220 g/mol. The minimum atomic E-state index is -1.69. The van der Waals surface area contributed by atoms with Gasteiger partial charge < -0.3 is 141 Å². The Hall–Kier alpha value is -2.74. The highest BCUT2D eigenvalue weighted by molar-refractivity contribution is 7.17. The van der Waals surface area contributed by atoms with E-state index in [2.05, 4.69) is 172 Å². The fourth-order valence-electron chi connectivity index (χ4n) is 17.9. The second-order valence-electron chi connectivity index (χ2n) is 36.0. The number of azide groups is 4. The third-order valence-electron chi connectivity index (χ3n) is 27.3. The summed E-state index contributed by atoms with van der Waals surface area (Å²) in [5, 5.41) is 75.6. The summed E-state index contributed by atoms with van der Waals surface area (Å²) in [4.78, 5) is 34.2. The molecule has 10 fully saturated rings. The zero-order valence-corrected chi connectivity index (χ0v) is 94.9. The Morgan fingerprint density at radius 3 is 1.18 bits per heavy atom. The van der Waals surface area contributed by atoms with E-state index in [1.807, 2.05) is 109 Å². The number of alkyl halides is 3. The zero-order valence-electron chi connectivity index (χ0n) is 84.5. The van der Waals surface area contributed by atoms with Gasteiger partial charge in [0.15, 0.2) is 56.6 Å². The first-order valence-corrected chi connectivity index (χ1v) is 55.2. The van der Waals surface area contributed by atoms with E-state index >= 15 is 0 Å². The molecule has 818 valence electrons. The van der Waals surface area contributed by atoms with E-state index in [0.29, 0.717) is 86.8 Å². The van der Waals surface area contributed by atoms with Crippen LogP contribution in [0.15, 0.2) is 81.1 Å². The number of fused-ring (bicyclic) bond motifs is 2. The van der Waals surface area contributed by atoms with Gasteiger partial charge in [-0.2, -0.15) is 0 Å². The number of nitrogens with two attached hydrogens (primary N) is 1. The molecule has 53 heteroatoms. The molecule has 143 heavy (non-hydrogen) atoms. The lowest BCUT2D eigenvalue weighted by molar-refractivity contribution is -0.339. The summed E-state index contributed by atoms with van der Waals surface area (Å²) in [5.41, 5.74) is 42.2. The van der Waals surface area contributed by atoms with Gasteiger partial charge in [-0.15, -0.1) is 64.7 Å². The smallest absolute Gasteiger partial charge is 0.407 e. The maximum atomic E-state index is 11.9. The summed E-state index contributed by atoms with van der Waals surface area (Å²) >= 11 is 16.6. The molecule has 10 aliphatic rings. The number of alkyl carbamates (subject to hydrolysis) is 1. The first-order chi connectivity index (χ1) is 68.2. The normalized spacial score (nSPS) is 38.5. The van der Waals surface area contributed by atoms with Crippen LogP contribution < -0.4 is 11.1 Å². The minimum Gasteiger partial charge on any atom is -0.445 e. The average Bonchev–Trinajstić information content (AvgIpc) is 0.770. The molecule has 0 saturated carbocycles. The Kier molecular flexibility index (Phi) is 62.5. The minimum absolute atomic E-state index is 0.00152. The number of aliphatic hydroxyl groups excluding tert-OH is 6. The number of esters is 1. The van der Waals surface area contributed by atoms with E-state index in [1.54, 1.807) is 0 Å². The number of carbonyl (C=O) groups excluding carboxylic acids is 2. The molecule has 49 atom stereocenters. The maximum absolute atomic E-state index is 11.9. The Labute approximate surface area is 871 Å². The highest BCUT2D eigenvalue weighted by Crippen LogP contribution is 2.44. The molecule has 25 unspecified atom stereocenters. The summed E-state index contributed by atoms with van der Waals surface area (Å²) in [6.45, 7) is 34.5. The number of hydrogen-bond donors (Lipinski definition) is 8. The molecule has 43 nitrogen and oxygen atoms in total. The van der Waals surface area contributed by atoms with Gasteiger partial charge in [0, 0.05) is 49.5 Å². The Morgan fingerprint density at radius 2 is 0.748 bits per heavy atom. The molecule has 0 bridgehead atoms. The molecular weight excluding hydrogens is 2060 g/mol. The van der Waals surface area contributed by atoms with E-state index in [9.17, 15) is 35.1 Å². The number of aliphatic hydroxyl groups is 6. The van der Waals surface area contributed by atoms with Gasteiger partial charge in [0.05, 0.1) is 149 Å². The molecule has 0 radical (unpaired) electrons. The molecule has 10 saturated heterocycles. The number of benzene rings is 2. The number of rotatable bonds is 29. The van der Waals surface area contributed by atoms with Crippen molar-refractivity contribution >= 4 is 112 Å². The molecule has 2 aromatic rings. The number of carbonyl (C=O) groups is 2. The SMILES string of the molecule is CCC1O[C@@H](OC(C)=O)C(NC(=O)OCC(Cl)(Cl)Cl)[C@@H](C)[C@@H]1C.CCC1O[C@H](OCP)C(C)[C@@H](C)[C@@H]1C.CCC1O[C@H](OCP)C(C)[C@@H](C)[C@@H]1O.CCC1O[C@H](OCP)C(N)[C@@H](C)[C@@H]1C.CCC1O[C@H](OCP)C(N=[N+]=[N-])[C@@H](C)[C@@H]1O.C[C@@H]1C(N=[N+]=[N-])[C@@H](OCP)OC2COC(c3ccccc3)O[C@H]21.[N-]=[N+]=NC1[C@@H](OCP)OC(CO)[C@@H](O)[C@@H]1O.[N-]=[N+]=NC1[C@@H](OCP)OC2COC(c3ccccc3)O[C@H]2[C@@H]1O. The standard InChI is InChI=1S/C15H20N3O4P.C14H22Cl3NO5.C14H18N3O5P.C11H23O2P.C10H22NO2P.C10H21O3P.C9H18N3O3P.C7H14N3O5P/c1-9-12(17-18-16)15(20-8-23)21-11-7-19-14(22-13(9)11)10-5-3-2-4-6-10;1-5-10-7(2)8(3)11(12(23-10)22-9(4)19)18-13(20)21-6-14(15,16)17;15-17-16-10-11(18)12-9(21-14(10)20-7-23)6-19-13(22-12)8-4-2-1-3-5-8;1-5-10-8(3)7(2)9(4)11(13-10)12-6-14;1-4-8-6(2)7(3)9(11)10(13-8)12-5-14;1-4-8-9(11)6(2)7(3)10(13-8)12-5-14;1-3-6-8(13)5(2)7(11-12-10)9(15-6)14-4-16;8-10-9-4-6(13)5(12)3(1-11)15-7(4)14-2-16/h2-6,9,11-15H,7-8,23H2,1H3;7-8,10-12H,5-6H2,1-4H3,(H,18,20);1-5,9-14,18H,6-7,23H2;7-11H,5-6,14H2,1-4H3;6-10H,4-5,11,14H2,1-3H3;6-11H,4-5,14H2,1-3H3;5-9,13H,3-4,16H2,1-2H3;3-7,11-13H,1-2,16H2/t9-,11?,12?,13+,14?,15+;7-,8-,10?,11?,12+;9?,10?,11-,12-,13?,14+;7-,8-,9?,10?,11-;6-,7-,8?,9?,10-;6-,7?,8?,9+,10+;5-,6?,7?,8+,9+;3?,4?,5-,6-,7+/m10100111/s1. The van der Waals surface area contributed by atoms with Gasteiger partial charge in [0.1, 0.15) is 49.2 Å². The van der Waals surface area contributed by atoms with Crippen LogP contribution in [0.3, 0.4) is 0 Å². The summed E-state index contributed by atoms with van der Waals surface area (Å²) < 4.78 is 115. The summed E-state index contributed by atoms with van der Waals surface area (Å²) in [6, 6.07) is 15.8. The molecular formula is C90H158Cl3N14O29P7. The van der Waals surface area contributed by atoms with Gasteiger partial charge >= 0.3 is 12.1 Å². The molecule has 1 amide bonds. The van der Waals surface area contributed by atoms with Gasteiger partial charge in [0.2, 0.25) is 10.1 Å². The first kappa shape index (κ1) is 131. The van der Waals surface area contributed by atoms with Gasteiger partial charge in [-0.3, -0.25) is 4.79 Å². The van der Waals surface area contributed by atoms with Crippen molar-refractivity contribution in [3.63, 3.8) is 0 Å². The van der Waals surface area contributed by atoms with Crippen LogP contribution in [-0.2, 0) is 104 Å². The molecule has 2 aromatic carbocycles. The lowest BCUT2D eigenvalue weighted by atomic mass is 9.78. The molecule has 0 aromatic heterocycles. The summed E-state index contributed by atoms with van der Waals surface area (Å²) in [5.74, 6) is 2.70. The quantitative estimate of drug-likeness (QED) is 0.00936. The number of hydrogen-bond acceptors (Lipinski definition) is 34. The Morgan fingerprint density at radius 1 is 0.406 bits per heavy atom. The monoisotopic (exact) mass is 2220 g/mol. The highest BCUT2D eigenvalue weighted by atomic mass is 35.6. The van der Waals surface area contributed by atoms with Crippen LogP contribution in [0.5, 0.6) is 0 Å². The highest BCUT2D eigenvalue weighted by Gasteiger charge is 2.53. The molecule has 0 aliphatic carbocycles. The van der Waals surface area contributed by atoms with Crippen molar-refractivity contribution in [3.8, 4) is 0 Å². The van der Waals surface area contributed by atoms with Crippen LogP contribution in [0.25, 0.3) is 41.8 Å². The number of nitrogens with one attached hydrogen (secondary N) is 1.